The van der Waals surface area contributed by atoms with Gasteiger partial charge in [0.2, 0.25) is 0 Å². The van der Waals surface area contributed by atoms with Crippen molar-refractivity contribution in [3.8, 4) is 0 Å². The average molecular weight is 371 g/mol. The Kier molecular flexibility index (Phi) is 15.9. The van der Waals surface area contributed by atoms with Gasteiger partial charge in [0.1, 0.15) is 0 Å². The van der Waals surface area contributed by atoms with Crippen molar-refractivity contribution in [2.45, 2.75) is 125 Å². The van der Waals surface area contributed by atoms with Gasteiger partial charge in [-0.2, -0.15) is 0 Å². The third-order valence-corrected chi connectivity index (χ3v) is 5.08. The molecule has 1 unspecified atom stereocenters. The molecule has 0 aliphatic heterocycles. The van der Waals surface area contributed by atoms with Crippen LogP contribution in [0.2, 0.25) is 0 Å². The van der Waals surface area contributed by atoms with Gasteiger partial charge in [0.05, 0.1) is 0 Å². The summed E-state index contributed by atoms with van der Waals surface area (Å²) in [6.45, 7) is 17.6. The van der Waals surface area contributed by atoms with Gasteiger partial charge in [-0.05, 0) is 37.5 Å². The summed E-state index contributed by atoms with van der Waals surface area (Å²) >= 11 is 0. The predicted octanol–water partition coefficient (Wildman–Crippen LogP) is 7.99. The van der Waals surface area contributed by atoms with Crippen molar-refractivity contribution in [2.24, 2.45) is 17.8 Å². The first kappa shape index (κ1) is 25.9. The Hall–Kier alpha value is -0.0800. The molecule has 0 aromatic rings. The quantitative estimate of drug-likeness (QED) is 0.180. The Morgan fingerprint density at radius 2 is 1.19 bits per heavy atom. The van der Waals surface area contributed by atoms with Gasteiger partial charge in [0, 0.05) is 25.6 Å². The number of rotatable bonds is 18. The Labute approximate surface area is 165 Å². The molecular weight excluding hydrogens is 320 g/mol. The Bertz CT molecular complexity index is 291. The maximum absolute atomic E-state index is 6.53. The molecule has 158 valence electrons. The minimum atomic E-state index is -0.381. The molecule has 0 N–H and O–H groups in total. The summed E-state index contributed by atoms with van der Waals surface area (Å²) in [7, 11) is 0. The Morgan fingerprint density at radius 1 is 0.654 bits per heavy atom. The summed E-state index contributed by atoms with van der Waals surface area (Å²) in [5.74, 6) is 1.40. The van der Waals surface area contributed by atoms with Crippen molar-refractivity contribution in [3.05, 3.63) is 0 Å². The van der Waals surface area contributed by atoms with E-state index in [-0.39, 0.29) is 5.79 Å². The molecule has 0 aromatic heterocycles. The highest BCUT2D eigenvalue weighted by Crippen LogP contribution is 2.38. The Balaban J connectivity index is 5.12. The first-order valence-electron chi connectivity index (χ1n) is 11.7. The van der Waals surface area contributed by atoms with Crippen molar-refractivity contribution >= 4 is 0 Å². The lowest BCUT2D eigenvalue weighted by molar-refractivity contribution is -0.279. The fourth-order valence-electron chi connectivity index (χ4n) is 3.94. The van der Waals surface area contributed by atoms with Crippen LogP contribution in [0.5, 0.6) is 0 Å². The van der Waals surface area contributed by atoms with Crippen LogP contribution >= 0.6 is 0 Å². The molecule has 0 aromatic carbocycles. The molecule has 0 radical (unpaired) electrons. The predicted molar refractivity (Wildman–Crippen MR) is 116 cm³/mol. The zero-order valence-electron chi connectivity index (χ0n) is 19.2. The van der Waals surface area contributed by atoms with Gasteiger partial charge >= 0.3 is 0 Å². The normalized spacial score (nSPS) is 13.7. The number of hydrogen-bond acceptors (Lipinski definition) is 2. The van der Waals surface area contributed by atoms with E-state index < -0.39 is 0 Å². The second-order valence-electron chi connectivity index (χ2n) is 8.99. The summed E-state index contributed by atoms with van der Waals surface area (Å²) < 4.78 is 13.1. The minimum absolute atomic E-state index is 0.381. The minimum Gasteiger partial charge on any atom is -0.350 e. The van der Waals surface area contributed by atoms with Crippen molar-refractivity contribution < 1.29 is 9.47 Å². The second-order valence-corrected chi connectivity index (χ2v) is 8.99. The third-order valence-electron chi connectivity index (χ3n) is 5.08. The molecule has 0 spiro atoms. The van der Waals surface area contributed by atoms with E-state index in [1.807, 2.05) is 0 Å². The smallest absolute Gasteiger partial charge is 0.171 e. The van der Waals surface area contributed by atoms with Gasteiger partial charge in [0.25, 0.3) is 0 Å². The van der Waals surface area contributed by atoms with Gasteiger partial charge in [0.15, 0.2) is 5.79 Å². The molecule has 2 nitrogen and oxygen atoms in total. The number of hydrogen-bond donors (Lipinski definition) is 0. The topological polar surface area (TPSA) is 18.5 Å². The lowest BCUT2D eigenvalue weighted by atomic mass is 9.81. The van der Waals surface area contributed by atoms with E-state index in [4.69, 9.17) is 9.47 Å². The number of unbranched alkanes of at least 4 members (excludes halogenated alkanes) is 5. The molecule has 0 saturated heterocycles. The largest absolute Gasteiger partial charge is 0.350 e. The Morgan fingerprint density at radius 3 is 1.65 bits per heavy atom. The first-order chi connectivity index (χ1) is 12.4. The van der Waals surface area contributed by atoms with Crippen molar-refractivity contribution in [1.29, 1.82) is 0 Å². The third kappa shape index (κ3) is 11.6. The molecular formula is C24H50O2. The highest BCUT2D eigenvalue weighted by Gasteiger charge is 2.41. The van der Waals surface area contributed by atoms with Gasteiger partial charge in [-0.15, -0.1) is 0 Å². The van der Waals surface area contributed by atoms with Crippen LogP contribution in [0.4, 0.5) is 0 Å². The molecule has 0 saturated carbocycles. The summed E-state index contributed by atoms with van der Waals surface area (Å²) in [6, 6.07) is 0. The molecule has 2 heteroatoms. The molecule has 0 bridgehead atoms. The van der Waals surface area contributed by atoms with Crippen LogP contribution < -0.4 is 0 Å². The molecule has 0 rings (SSSR count). The van der Waals surface area contributed by atoms with Gasteiger partial charge in [-0.25, -0.2) is 0 Å². The molecule has 0 aliphatic carbocycles. The SMILES string of the molecule is CCCCCCCCC(CC(C)C)C(CC(C)C)(OCCC)OCCC. The van der Waals surface area contributed by atoms with E-state index in [1.165, 1.54) is 51.4 Å². The molecule has 0 fully saturated rings. The van der Waals surface area contributed by atoms with Crippen LogP contribution in [0, 0.1) is 17.8 Å². The van der Waals surface area contributed by atoms with Crippen molar-refractivity contribution in [2.75, 3.05) is 13.2 Å². The maximum Gasteiger partial charge on any atom is 0.171 e. The second kappa shape index (κ2) is 15.9. The van der Waals surface area contributed by atoms with E-state index >= 15 is 0 Å². The molecule has 0 aliphatic rings. The monoisotopic (exact) mass is 370 g/mol. The van der Waals surface area contributed by atoms with E-state index in [0.717, 1.165) is 32.5 Å². The molecule has 1 atom stereocenters. The fourth-order valence-corrected chi connectivity index (χ4v) is 3.94. The summed E-state index contributed by atoms with van der Waals surface area (Å²) in [6.07, 6.45) is 13.7. The standard InChI is InChI=1S/C24H50O2/c1-8-11-12-13-14-15-16-23(19-21(4)5)24(20-22(6)7,25-17-9-2)26-18-10-3/h21-23H,8-20H2,1-7H3. The van der Waals surface area contributed by atoms with Crippen LogP contribution in [0.1, 0.15) is 119 Å². The zero-order chi connectivity index (χ0) is 19.8. The van der Waals surface area contributed by atoms with E-state index in [2.05, 4.69) is 48.5 Å². The van der Waals surface area contributed by atoms with Crippen LogP contribution in [-0.2, 0) is 9.47 Å². The van der Waals surface area contributed by atoms with Crippen LogP contribution in [-0.4, -0.2) is 19.0 Å². The van der Waals surface area contributed by atoms with Gasteiger partial charge < -0.3 is 9.47 Å². The van der Waals surface area contributed by atoms with Gasteiger partial charge in [-0.1, -0.05) is 87.0 Å². The van der Waals surface area contributed by atoms with Gasteiger partial charge in [-0.3, -0.25) is 0 Å². The van der Waals surface area contributed by atoms with E-state index in [0.29, 0.717) is 17.8 Å². The van der Waals surface area contributed by atoms with Crippen molar-refractivity contribution in [3.63, 3.8) is 0 Å². The maximum atomic E-state index is 6.53. The summed E-state index contributed by atoms with van der Waals surface area (Å²) in [5, 5.41) is 0. The van der Waals surface area contributed by atoms with E-state index in [1.54, 1.807) is 0 Å². The van der Waals surface area contributed by atoms with Crippen LogP contribution in [0.3, 0.4) is 0 Å². The van der Waals surface area contributed by atoms with Crippen LogP contribution in [0.25, 0.3) is 0 Å². The molecule has 0 amide bonds. The highest BCUT2D eigenvalue weighted by molar-refractivity contribution is 4.83. The number of ether oxygens (including phenoxy) is 2. The summed E-state index contributed by atoms with van der Waals surface area (Å²) in [5.41, 5.74) is 0. The zero-order valence-corrected chi connectivity index (χ0v) is 19.2. The lowest BCUT2D eigenvalue weighted by Crippen LogP contribution is -2.46. The molecule has 26 heavy (non-hydrogen) atoms. The first-order valence-corrected chi connectivity index (χ1v) is 11.7. The average Bonchev–Trinajstić information content (AvgIpc) is 2.58. The van der Waals surface area contributed by atoms with Crippen molar-refractivity contribution in [1.82, 2.24) is 0 Å². The lowest BCUT2D eigenvalue weighted by Gasteiger charge is -2.42. The molecule has 0 heterocycles. The van der Waals surface area contributed by atoms with E-state index in [9.17, 15) is 0 Å². The fraction of sp³-hybridized carbons (Fsp3) is 1.00. The summed E-state index contributed by atoms with van der Waals surface area (Å²) in [4.78, 5) is 0. The van der Waals surface area contributed by atoms with Crippen LogP contribution in [0.15, 0.2) is 0 Å². The highest BCUT2D eigenvalue weighted by atomic mass is 16.7.